The van der Waals surface area contributed by atoms with Crippen molar-refractivity contribution in [3.05, 3.63) is 72.2 Å². The Balaban J connectivity index is 1.93. The molecule has 21 heavy (non-hydrogen) atoms. The summed E-state index contributed by atoms with van der Waals surface area (Å²) in [6.07, 6.45) is 0. The summed E-state index contributed by atoms with van der Waals surface area (Å²) in [6.45, 7) is 1.15. The van der Waals surface area contributed by atoms with Crippen LogP contribution in [0.4, 0.5) is 0 Å². The largest absolute Gasteiger partial charge is 0.463 e. The second-order valence-corrected chi connectivity index (χ2v) is 5.19. The molecule has 2 heterocycles. The molecular formula is C18H16N2O. The SMILES string of the molecule is NCc1ccc(Cn2c3ccccc3c3ccccc32)o1. The number of benzene rings is 2. The Morgan fingerprint density at radius 3 is 1.90 bits per heavy atom. The van der Waals surface area contributed by atoms with Crippen molar-refractivity contribution in [2.24, 2.45) is 5.73 Å². The topological polar surface area (TPSA) is 44.1 Å². The highest BCUT2D eigenvalue weighted by Crippen LogP contribution is 2.29. The van der Waals surface area contributed by atoms with Crippen LogP contribution in [-0.2, 0) is 13.1 Å². The van der Waals surface area contributed by atoms with E-state index < -0.39 is 0 Å². The fraction of sp³-hybridized carbons (Fsp3) is 0.111. The Morgan fingerprint density at radius 1 is 0.762 bits per heavy atom. The quantitative estimate of drug-likeness (QED) is 0.617. The Labute approximate surface area is 122 Å². The van der Waals surface area contributed by atoms with E-state index in [1.54, 1.807) is 0 Å². The van der Waals surface area contributed by atoms with Gasteiger partial charge in [0.05, 0.1) is 13.1 Å². The minimum Gasteiger partial charge on any atom is -0.463 e. The van der Waals surface area contributed by atoms with E-state index in [-0.39, 0.29) is 0 Å². The molecule has 0 aliphatic carbocycles. The molecule has 0 bridgehead atoms. The molecule has 0 atom stereocenters. The lowest BCUT2D eigenvalue weighted by Gasteiger charge is -2.05. The highest BCUT2D eigenvalue weighted by molar-refractivity contribution is 6.07. The molecule has 0 spiro atoms. The lowest BCUT2D eigenvalue weighted by atomic mass is 10.2. The van der Waals surface area contributed by atoms with Crippen molar-refractivity contribution < 1.29 is 4.42 Å². The van der Waals surface area contributed by atoms with Crippen molar-refractivity contribution in [1.29, 1.82) is 0 Å². The first kappa shape index (κ1) is 12.2. The normalized spacial score (nSPS) is 11.5. The van der Waals surface area contributed by atoms with E-state index in [9.17, 15) is 0 Å². The first-order chi connectivity index (χ1) is 10.4. The average molecular weight is 276 g/mol. The van der Waals surface area contributed by atoms with Crippen LogP contribution in [-0.4, -0.2) is 4.57 Å². The Kier molecular flexibility index (Phi) is 2.79. The smallest absolute Gasteiger partial charge is 0.123 e. The van der Waals surface area contributed by atoms with Gasteiger partial charge >= 0.3 is 0 Å². The van der Waals surface area contributed by atoms with Gasteiger partial charge in [0.15, 0.2) is 0 Å². The number of furan rings is 1. The van der Waals surface area contributed by atoms with Gasteiger partial charge in [-0.25, -0.2) is 0 Å². The van der Waals surface area contributed by atoms with Crippen molar-refractivity contribution >= 4 is 21.8 Å². The molecule has 2 aromatic carbocycles. The molecule has 0 saturated heterocycles. The number of hydrogen-bond acceptors (Lipinski definition) is 2. The number of nitrogens with two attached hydrogens (primary N) is 1. The second-order valence-electron chi connectivity index (χ2n) is 5.19. The fourth-order valence-corrected chi connectivity index (χ4v) is 2.95. The van der Waals surface area contributed by atoms with E-state index in [0.717, 1.165) is 11.5 Å². The third kappa shape index (κ3) is 1.94. The van der Waals surface area contributed by atoms with Crippen LogP contribution in [0.3, 0.4) is 0 Å². The molecule has 0 saturated carbocycles. The Hall–Kier alpha value is -2.52. The van der Waals surface area contributed by atoms with Crippen molar-refractivity contribution in [3.8, 4) is 0 Å². The van der Waals surface area contributed by atoms with Gasteiger partial charge in [-0.3, -0.25) is 0 Å². The molecule has 0 aliphatic heterocycles. The molecule has 0 aliphatic rings. The highest BCUT2D eigenvalue weighted by atomic mass is 16.3. The zero-order valence-electron chi connectivity index (χ0n) is 11.6. The van der Waals surface area contributed by atoms with E-state index in [4.69, 9.17) is 10.2 Å². The molecule has 4 aromatic rings. The van der Waals surface area contributed by atoms with Gasteiger partial charge in [-0.05, 0) is 24.3 Å². The highest BCUT2D eigenvalue weighted by Gasteiger charge is 2.11. The zero-order valence-corrected chi connectivity index (χ0v) is 11.6. The summed E-state index contributed by atoms with van der Waals surface area (Å²) in [5.41, 5.74) is 8.07. The number of aromatic nitrogens is 1. The summed E-state index contributed by atoms with van der Waals surface area (Å²) < 4.78 is 8.05. The predicted molar refractivity (Wildman–Crippen MR) is 85.1 cm³/mol. The third-order valence-electron chi connectivity index (χ3n) is 3.91. The molecule has 2 N–H and O–H groups in total. The van der Waals surface area contributed by atoms with Gasteiger partial charge in [0.2, 0.25) is 0 Å². The maximum Gasteiger partial charge on any atom is 0.123 e. The van der Waals surface area contributed by atoms with Crippen LogP contribution in [0.15, 0.2) is 65.1 Å². The number of rotatable bonds is 3. The van der Waals surface area contributed by atoms with Crippen molar-refractivity contribution in [2.75, 3.05) is 0 Å². The number of fused-ring (bicyclic) bond motifs is 3. The molecule has 104 valence electrons. The summed E-state index contributed by atoms with van der Waals surface area (Å²) in [7, 11) is 0. The van der Waals surface area contributed by atoms with Crippen LogP contribution in [0, 0.1) is 0 Å². The molecular weight excluding hydrogens is 260 g/mol. The monoisotopic (exact) mass is 276 g/mol. The molecule has 3 heteroatoms. The Bertz CT molecular complexity index is 864. The molecule has 4 rings (SSSR count). The maximum absolute atomic E-state index is 5.76. The standard InChI is InChI=1S/C18H16N2O/c19-11-13-9-10-14(21-13)12-20-17-7-3-1-5-15(17)16-6-2-4-8-18(16)20/h1-10H,11-12,19H2. The summed E-state index contributed by atoms with van der Waals surface area (Å²) >= 11 is 0. The van der Waals surface area contributed by atoms with Crippen molar-refractivity contribution in [2.45, 2.75) is 13.1 Å². The fourth-order valence-electron chi connectivity index (χ4n) is 2.95. The summed E-state index contributed by atoms with van der Waals surface area (Å²) in [4.78, 5) is 0. The summed E-state index contributed by atoms with van der Waals surface area (Å²) in [6, 6.07) is 20.9. The van der Waals surface area contributed by atoms with E-state index in [1.165, 1.54) is 21.8 Å². The van der Waals surface area contributed by atoms with Crippen LogP contribution in [0.5, 0.6) is 0 Å². The van der Waals surface area contributed by atoms with Gasteiger partial charge < -0.3 is 14.7 Å². The predicted octanol–water partition coefficient (Wildman–Crippen LogP) is 3.89. The first-order valence-corrected chi connectivity index (χ1v) is 7.10. The zero-order chi connectivity index (χ0) is 14.2. The van der Waals surface area contributed by atoms with E-state index >= 15 is 0 Å². The number of hydrogen-bond donors (Lipinski definition) is 1. The van der Waals surface area contributed by atoms with Crippen LogP contribution in [0.2, 0.25) is 0 Å². The molecule has 2 aromatic heterocycles. The van der Waals surface area contributed by atoms with E-state index in [1.807, 2.05) is 12.1 Å². The average Bonchev–Trinajstić information content (AvgIpc) is 3.12. The van der Waals surface area contributed by atoms with Crippen LogP contribution in [0.1, 0.15) is 11.5 Å². The van der Waals surface area contributed by atoms with Gasteiger partial charge in [-0.15, -0.1) is 0 Å². The number of para-hydroxylation sites is 2. The summed E-state index contributed by atoms with van der Waals surface area (Å²) in [5.74, 6) is 1.76. The molecule has 0 unspecified atom stereocenters. The Morgan fingerprint density at radius 2 is 1.33 bits per heavy atom. The lowest BCUT2D eigenvalue weighted by molar-refractivity contribution is 0.459. The van der Waals surface area contributed by atoms with E-state index in [2.05, 4.69) is 53.1 Å². The lowest BCUT2D eigenvalue weighted by Crippen LogP contribution is -1.98. The third-order valence-corrected chi connectivity index (χ3v) is 3.91. The molecule has 0 amide bonds. The van der Waals surface area contributed by atoms with Crippen molar-refractivity contribution in [1.82, 2.24) is 4.57 Å². The minimum absolute atomic E-state index is 0.438. The first-order valence-electron chi connectivity index (χ1n) is 7.10. The minimum atomic E-state index is 0.438. The maximum atomic E-state index is 5.76. The van der Waals surface area contributed by atoms with Crippen molar-refractivity contribution in [3.63, 3.8) is 0 Å². The second kappa shape index (κ2) is 4.79. The van der Waals surface area contributed by atoms with Gasteiger partial charge in [0, 0.05) is 21.8 Å². The van der Waals surface area contributed by atoms with Gasteiger partial charge in [-0.1, -0.05) is 36.4 Å². The van der Waals surface area contributed by atoms with Gasteiger partial charge in [0.1, 0.15) is 11.5 Å². The molecule has 3 nitrogen and oxygen atoms in total. The van der Waals surface area contributed by atoms with Gasteiger partial charge in [0.25, 0.3) is 0 Å². The van der Waals surface area contributed by atoms with Crippen LogP contribution < -0.4 is 5.73 Å². The van der Waals surface area contributed by atoms with Gasteiger partial charge in [-0.2, -0.15) is 0 Å². The van der Waals surface area contributed by atoms with E-state index in [0.29, 0.717) is 13.1 Å². The molecule has 0 radical (unpaired) electrons. The number of nitrogens with zero attached hydrogens (tertiary/aromatic N) is 1. The van der Waals surface area contributed by atoms with Crippen LogP contribution in [0.25, 0.3) is 21.8 Å². The summed E-state index contributed by atoms with van der Waals surface area (Å²) in [5, 5.41) is 2.55. The molecule has 0 fully saturated rings. The van der Waals surface area contributed by atoms with Crippen LogP contribution >= 0.6 is 0 Å².